The normalized spacial score (nSPS) is 16.1. The number of carbonyl (C=O) groups excluding carboxylic acids is 1. The Morgan fingerprint density at radius 3 is 2.06 bits per heavy atom. The second-order valence-electron chi connectivity index (χ2n) is 4.29. The second-order valence-corrected chi connectivity index (χ2v) is 4.29. The van der Waals surface area contributed by atoms with Crippen LogP contribution in [0, 0.1) is 0 Å². The highest BCUT2D eigenvalue weighted by Crippen LogP contribution is 2.30. The van der Waals surface area contributed by atoms with Crippen molar-refractivity contribution in [1.29, 1.82) is 0 Å². The number of alkyl halides is 3. The van der Waals surface area contributed by atoms with E-state index in [0.29, 0.717) is 13.3 Å². The molecule has 0 saturated carbocycles. The van der Waals surface area contributed by atoms with Crippen LogP contribution < -0.4 is 5.73 Å². The molecule has 1 amide bonds. The van der Waals surface area contributed by atoms with E-state index in [1.807, 2.05) is 0 Å². The summed E-state index contributed by atoms with van der Waals surface area (Å²) >= 11 is 0. The average molecular weight is 240 g/mol. The third kappa shape index (κ3) is 3.10. The van der Waals surface area contributed by atoms with Crippen LogP contribution in [0.4, 0.5) is 13.2 Å². The van der Waals surface area contributed by atoms with Crippen LogP contribution in [0.15, 0.2) is 0 Å². The molecule has 0 bridgehead atoms. The molecule has 0 heterocycles. The molecule has 16 heavy (non-hydrogen) atoms. The highest BCUT2D eigenvalue weighted by molar-refractivity contribution is 5.86. The zero-order valence-electron chi connectivity index (χ0n) is 10.1. The molecule has 1 atom stereocenters. The standard InChI is InChI=1S/C10H19F3N2O/c1-5-6-15(7(2)3)8(16)9(4,14)10(11,12)13/h7H,5-6,14H2,1-4H3. The number of nitrogens with two attached hydrogens (primary N) is 1. The van der Waals surface area contributed by atoms with Gasteiger partial charge in [0.1, 0.15) is 0 Å². The van der Waals surface area contributed by atoms with Gasteiger partial charge in [-0.25, -0.2) is 0 Å². The van der Waals surface area contributed by atoms with Crippen molar-refractivity contribution in [3.8, 4) is 0 Å². The highest BCUT2D eigenvalue weighted by Gasteiger charge is 2.55. The summed E-state index contributed by atoms with van der Waals surface area (Å²) in [5, 5.41) is 0. The minimum absolute atomic E-state index is 0.277. The fraction of sp³-hybridized carbons (Fsp3) is 0.900. The smallest absolute Gasteiger partial charge is 0.338 e. The SMILES string of the molecule is CCCN(C(=O)C(C)(N)C(F)(F)F)C(C)C. The molecule has 0 aromatic heterocycles. The van der Waals surface area contributed by atoms with E-state index >= 15 is 0 Å². The minimum atomic E-state index is -4.73. The Morgan fingerprint density at radius 1 is 1.38 bits per heavy atom. The molecule has 0 radical (unpaired) electrons. The van der Waals surface area contributed by atoms with E-state index in [-0.39, 0.29) is 12.6 Å². The van der Waals surface area contributed by atoms with Gasteiger partial charge in [-0.2, -0.15) is 13.2 Å². The third-order valence-corrected chi connectivity index (χ3v) is 2.38. The van der Waals surface area contributed by atoms with Crippen molar-refractivity contribution >= 4 is 5.91 Å². The number of hydrogen-bond acceptors (Lipinski definition) is 2. The van der Waals surface area contributed by atoms with Crippen LogP contribution in [-0.4, -0.2) is 35.1 Å². The van der Waals surface area contributed by atoms with Crippen molar-refractivity contribution in [3.63, 3.8) is 0 Å². The monoisotopic (exact) mass is 240 g/mol. The lowest BCUT2D eigenvalue weighted by Crippen LogP contribution is -2.63. The van der Waals surface area contributed by atoms with Gasteiger partial charge in [0.05, 0.1) is 0 Å². The molecule has 2 N–H and O–H groups in total. The van der Waals surface area contributed by atoms with E-state index in [1.54, 1.807) is 20.8 Å². The third-order valence-electron chi connectivity index (χ3n) is 2.38. The molecule has 0 saturated heterocycles. The molecule has 1 unspecified atom stereocenters. The first kappa shape index (κ1) is 15.2. The number of rotatable bonds is 4. The van der Waals surface area contributed by atoms with Crippen molar-refractivity contribution in [2.75, 3.05) is 6.54 Å². The summed E-state index contributed by atoms with van der Waals surface area (Å²) < 4.78 is 37.7. The topological polar surface area (TPSA) is 46.3 Å². The molecule has 0 fully saturated rings. The van der Waals surface area contributed by atoms with Crippen LogP contribution in [0.25, 0.3) is 0 Å². The van der Waals surface area contributed by atoms with Gasteiger partial charge in [0.15, 0.2) is 5.54 Å². The minimum Gasteiger partial charge on any atom is -0.338 e. The summed E-state index contributed by atoms with van der Waals surface area (Å²) in [4.78, 5) is 12.9. The number of nitrogens with zero attached hydrogens (tertiary/aromatic N) is 1. The predicted molar refractivity (Wildman–Crippen MR) is 55.8 cm³/mol. The zero-order valence-corrected chi connectivity index (χ0v) is 10.1. The molecule has 0 aromatic rings. The van der Waals surface area contributed by atoms with E-state index in [2.05, 4.69) is 0 Å². The quantitative estimate of drug-likeness (QED) is 0.816. The number of amides is 1. The van der Waals surface area contributed by atoms with Crippen LogP contribution >= 0.6 is 0 Å². The largest absolute Gasteiger partial charge is 0.415 e. The molecule has 0 aliphatic heterocycles. The first-order valence-corrected chi connectivity index (χ1v) is 5.22. The van der Waals surface area contributed by atoms with Crippen LogP contribution in [0.1, 0.15) is 34.1 Å². The lowest BCUT2D eigenvalue weighted by atomic mass is 10.00. The van der Waals surface area contributed by atoms with Crippen LogP contribution in [0.2, 0.25) is 0 Å². The zero-order chi connectivity index (χ0) is 13.1. The maximum absolute atomic E-state index is 12.6. The predicted octanol–water partition coefficient (Wildman–Crippen LogP) is 1.91. The Bertz CT molecular complexity index is 249. The molecule has 6 heteroatoms. The summed E-state index contributed by atoms with van der Waals surface area (Å²) in [6, 6.07) is -0.294. The first-order valence-electron chi connectivity index (χ1n) is 5.22. The van der Waals surface area contributed by atoms with Gasteiger partial charge in [-0.05, 0) is 27.2 Å². The summed E-state index contributed by atoms with van der Waals surface area (Å²) in [6.07, 6.45) is -4.14. The Kier molecular flexibility index (Phi) is 4.79. The summed E-state index contributed by atoms with van der Waals surface area (Å²) in [5.74, 6) is -1.07. The fourth-order valence-electron chi connectivity index (χ4n) is 1.25. The van der Waals surface area contributed by atoms with E-state index in [4.69, 9.17) is 5.73 Å². The molecule has 96 valence electrons. The van der Waals surface area contributed by atoms with Crippen molar-refractivity contribution < 1.29 is 18.0 Å². The summed E-state index contributed by atoms with van der Waals surface area (Å²) in [5.41, 5.74) is 2.28. The second kappa shape index (κ2) is 5.03. The maximum atomic E-state index is 12.6. The van der Waals surface area contributed by atoms with Gasteiger partial charge in [-0.15, -0.1) is 0 Å². The molecular weight excluding hydrogens is 221 g/mol. The van der Waals surface area contributed by atoms with Crippen molar-refractivity contribution in [1.82, 2.24) is 4.90 Å². The Labute approximate surface area is 93.8 Å². The van der Waals surface area contributed by atoms with Gasteiger partial charge in [0.25, 0.3) is 5.91 Å². The van der Waals surface area contributed by atoms with Gasteiger partial charge < -0.3 is 10.6 Å². The Balaban J connectivity index is 5.01. The molecule has 3 nitrogen and oxygen atoms in total. The highest BCUT2D eigenvalue weighted by atomic mass is 19.4. The van der Waals surface area contributed by atoms with Crippen molar-refractivity contribution in [2.24, 2.45) is 5.73 Å². The Morgan fingerprint density at radius 2 is 1.81 bits per heavy atom. The average Bonchev–Trinajstić information content (AvgIpc) is 2.10. The van der Waals surface area contributed by atoms with E-state index < -0.39 is 17.6 Å². The van der Waals surface area contributed by atoms with Gasteiger partial charge in [-0.3, -0.25) is 4.79 Å². The van der Waals surface area contributed by atoms with Gasteiger partial charge in [0, 0.05) is 12.6 Å². The van der Waals surface area contributed by atoms with Crippen LogP contribution in [-0.2, 0) is 4.79 Å². The first-order chi connectivity index (χ1) is 7.05. The summed E-state index contributed by atoms with van der Waals surface area (Å²) in [7, 11) is 0. The number of carbonyl (C=O) groups is 1. The van der Waals surface area contributed by atoms with E-state index in [9.17, 15) is 18.0 Å². The molecule has 0 aliphatic carbocycles. The van der Waals surface area contributed by atoms with Crippen molar-refractivity contribution in [2.45, 2.75) is 51.9 Å². The Hall–Kier alpha value is -0.780. The number of halogens is 3. The van der Waals surface area contributed by atoms with Gasteiger partial charge >= 0.3 is 6.18 Å². The van der Waals surface area contributed by atoms with Crippen LogP contribution in [0.3, 0.4) is 0 Å². The van der Waals surface area contributed by atoms with E-state index in [1.165, 1.54) is 0 Å². The lowest BCUT2D eigenvalue weighted by molar-refractivity contribution is -0.194. The molecule has 0 spiro atoms. The fourth-order valence-corrected chi connectivity index (χ4v) is 1.25. The van der Waals surface area contributed by atoms with E-state index in [0.717, 1.165) is 4.90 Å². The summed E-state index contributed by atoms with van der Waals surface area (Å²) in [6.45, 7) is 6.11. The lowest BCUT2D eigenvalue weighted by Gasteiger charge is -2.35. The molecule has 0 rings (SSSR count). The molecular formula is C10H19F3N2O. The van der Waals surface area contributed by atoms with Crippen molar-refractivity contribution in [3.05, 3.63) is 0 Å². The van der Waals surface area contributed by atoms with Gasteiger partial charge in [-0.1, -0.05) is 6.92 Å². The van der Waals surface area contributed by atoms with Gasteiger partial charge in [0.2, 0.25) is 0 Å². The molecule has 0 aliphatic rings. The number of hydrogen-bond donors (Lipinski definition) is 1. The van der Waals surface area contributed by atoms with Crippen LogP contribution in [0.5, 0.6) is 0 Å². The molecule has 0 aromatic carbocycles. The maximum Gasteiger partial charge on any atom is 0.415 e.